The lowest BCUT2D eigenvalue weighted by atomic mass is 9.75. The third kappa shape index (κ3) is 5.60. The molecule has 1 saturated carbocycles. The van der Waals surface area contributed by atoms with Crippen LogP contribution in [0.2, 0.25) is 0 Å². The van der Waals surface area contributed by atoms with E-state index in [0.29, 0.717) is 44.8 Å². The molecule has 0 bridgehead atoms. The molecule has 0 atom stereocenters. The Kier molecular flexibility index (Phi) is 7.05. The molecule has 2 N–H and O–H groups in total. The Hall–Kier alpha value is -4.12. The molecule has 1 saturated heterocycles. The summed E-state index contributed by atoms with van der Waals surface area (Å²) in [5.74, 6) is -2.17. The minimum Gasteiger partial charge on any atom is -0.347 e. The van der Waals surface area contributed by atoms with Crippen molar-refractivity contribution in [1.82, 2.24) is 25.6 Å². The quantitative estimate of drug-likeness (QED) is 0.314. The molecule has 4 heterocycles. The van der Waals surface area contributed by atoms with Crippen LogP contribution in [0, 0.1) is 0 Å². The number of hydrogen-bond donors (Lipinski definition) is 2. The summed E-state index contributed by atoms with van der Waals surface area (Å²) >= 11 is 0.398. The van der Waals surface area contributed by atoms with Gasteiger partial charge in [-0.25, -0.2) is 9.97 Å². The van der Waals surface area contributed by atoms with Crippen LogP contribution < -0.4 is 15.5 Å². The molecule has 0 radical (unpaired) electrons. The van der Waals surface area contributed by atoms with E-state index in [0.717, 1.165) is 37.0 Å². The van der Waals surface area contributed by atoms with Crippen molar-refractivity contribution in [1.29, 1.82) is 0 Å². The van der Waals surface area contributed by atoms with Crippen molar-refractivity contribution in [3.05, 3.63) is 78.1 Å². The van der Waals surface area contributed by atoms with E-state index in [1.807, 2.05) is 35.2 Å². The number of pyridine rings is 3. The maximum Gasteiger partial charge on any atom is 0.288 e. The van der Waals surface area contributed by atoms with Gasteiger partial charge in [0.05, 0.1) is 41.2 Å². The zero-order valence-electron chi connectivity index (χ0n) is 21.4. The van der Waals surface area contributed by atoms with Gasteiger partial charge in [0, 0.05) is 28.6 Å². The highest BCUT2D eigenvalue weighted by Gasteiger charge is 2.43. The molecule has 0 unspecified atom stereocenters. The number of amides is 2. The van der Waals surface area contributed by atoms with Crippen molar-refractivity contribution in [3.63, 3.8) is 0 Å². The van der Waals surface area contributed by atoms with Crippen LogP contribution >= 0.6 is 11.8 Å². The van der Waals surface area contributed by atoms with Crippen LogP contribution in [0.3, 0.4) is 0 Å². The number of alkyl halides is 2. The van der Waals surface area contributed by atoms with Crippen molar-refractivity contribution in [3.8, 4) is 11.4 Å². The summed E-state index contributed by atoms with van der Waals surface area (Å²) in [4.78, 5) is 41.4. The number of rotatable bonds is 7. The molecule has 1 spiro atoms. The van der Waals surface area contributed by atoms with E-state index in [1.54, 1.807) is 30.5 Å². The molecule has 2 aliphatic rings. The zero-order valence-corrected chi connectivity index (χ0v) is 22.3. The number of thioether (sulfide) groups is 1. The Morgan fingerprint density at radius 1 is 1.07 bits per heavy atom. The number of anilines is 1. The smallest absolute Gasteiger partial charge is 0.288 e. The first kappa shape index (κ1) is 26.1. The molecular weight excluding hydrogens is 534 g/mol. The summed E-state index contributed by atoms with van der Waals surface area (Å²) in [6.45, 7) is 1.18. The number of carbonyl (C=O) groups is 2. The van der Waals surface area contributed by atoms with Crippen molar-refractivity contribution >= 4 is 40.3 Å². The lowest BCUT2D eigenvalue weighted by molar-refractivity contribution is -0.124. The highest BCUT2D eigenvalue weighted by atomic mass is 32.2. The first-order chi connectivity index (χ1) is 19.4. The number of aromatic nitrogens is 3. The fourth-order valence-electron chi connectivity index (χ4n) is 5.14. The molecule has 1 aliphatic carbocycles. The topological polar surface area (TPSA) is 100 Å². The summed E-state index contributed by atoms with van der Waals surface area (Å²) in [7, 11) is 0. The fraction of sp³-hybridized carbons (Fsp3) is 0.276. The minimum atomic E-state index is -2.55. The number of halogens is 2. The van der Waals surface area contributed by atoms with Gasteiger partial charge in [0.1, 0.15) is 5.82 Å². The molecule has 40 heavy (non-hydrogen) atoms. The second kappa shape index (κ2) is 10.8. The predicted molar refractivity (Wildman–Crippen MR) is 149 cm³/mol. The molecule has 4 aromatic rings. The number of hydrogen-bond acceptors (Lipinski definition) is 7. The normalized spacial score (nSPS) is 16.2. The van der Waals surface area contributed by atoms with Crippen molar-refractivity contribution in [2.45, 2.75) is 42.0 Å². The van der Waals surface area contributed by atoms with Gasteiger partial charge in [0.25, 0.3) is 11.7 Å². The van der Waals surface area contributed by atoms with Crippen LogP contribution in [-0.2, 0) is 11.3 Å². The zero-order chi connectivity index (χ0) is 27.7. The number of piperazine rings is 1. The molecule has 6 rings (SSSR count). The van der Waals surface area contributed by atoms with E-state index >= 15 is 0 Å². The molecule has 3 aromatic heterocycles. The van der Waals surface area contributed by atoms with Gasteiger partial charge in [-0.3, -0.25) is 14.6 Å². The van der Waals surface area contributed by atoms with Crippen LogP contribution in [0.25, 0.3) is 22.3 Å². The fourth-order valence-corrected chi connectivity index (χ4v) is 5.70. The van der Waals surface area contributed by atoms with Crippen LogP contribution in [0.1, 0.15) is 35.3 Å². The average Bonchev–Trinajstić information content (AvgIpc) is 2.94. The molecular formula is C29H26F2N6O2S. The summed E-state index contributed by atoms with van der Waals surface area (Å²) in [6.07, 6.45) is 4.79. The number of fused-ring (bicyclic) bond motifs is 1. The van der Waals surface area contributed by atoms with Gasteiger partial charge in [-0.05, 0) is 67.8 Å². The van der Waals surface area contributed by atoms with Crippen molar-refractivity contribution in [2.75, 3.05) is 18.0 Å². The number of nitrogens with zero attached hydrogens (tertiary/aromatic N) is 4. The van der Waals surface area contributed by atoms with Gasteiger partial charge in [-0.1, -0.05) is 23.9 Å². The first-order valence-electron chi connectivity index (χ1n) is 13.0. The second-order valence-electron chi connectivity index (χ2n) is 10.1. The standard InChI is InChI=1S/C29H26F2N6O2S/c30-28(31)40-21-5-1-4-18(12-21)27(39)33-15-20-13-24-19(14-32-20)8-9-23(34-24)22-6-2-7-25(35-22)37-16-26(38)36-29(17-37)10-3-11-29/h1-2,4-9,12-14,28H,3,10-11,15-17H2,(H,33,39)(H,36,38). The van der Waals surface area contributed by atoms with Gasteiger partial charge in [-0.15, -0.1) is 0 Å². The summed E-state index contributed by atoms with van der Waals surface area (Å²) in [5, 5.41) is 6.79. The third-order valence-electron chi connectivity index (χ3n) is 7.25. The van der Waals surface area contributed by atoms with Gasteiger partial charge >= 0.3 is 0 Å². The molecule has 204 valence electrons. The molecule has 1 aliphatic heterocycles. The Morgan fingerprint density at radius 2 is 1.90 bits per heavy atom. The van der Waals surface area contributed by atoms with E-state index in [2.05, 4.69) is 15.6 Å². The lowest BCUT2D eigenvalue weighted by Crippen LogP contribution is -2.66. The predicted octanol–water partition coefficient (Wildman–Crippen LogP) is 4.80. The minimum absolute atomic E-state index is 0.0221. The van der Waals surface area contributed by atoms with E-state index in [9.17, 15) is 18.4 Å². The monoisotopic (exact) mass is 560 g/mol. The maximum absolute atomic E-state index is 12.7. The molecule has 1 aromatic carbocycles. The van der Waals surface area contributed by atoms with Crippen molar-refractivity contribution < 1.29 is 18.4 Å². The van der Waals surface area contributed by atoms with E-state index in [-0.39, 0.29) is 30.4 Å². The number of nitrogens with one attached hydrogen (secondary N) is 2. The largest absolute Gasteiger partial charge is 0.347 e. The third-order valence-corrected chi connectivity index (χ3v) is 7.95. The van der Waals surface area contributed by atoms with Gasteiger partial charge in [0.2, 0.25) is 5.91 Å². The van der Waals surface area contributed by atoms with Gasteiger partial charge < -0.3 is 15.5 Å². The Labute approximate surface area is 233 Å². The number of carbonyl (C=O) groups excluding carboxylic acids is 2. The Bertz CT molecular complexity index is 1600. The molecule has 2 amide bonds. The van der Waals surface area contributed by atoms with Gasteiger partial charge in [0.15, 0.2) is 0 Å². The maximum atomic E-state index is 12.7. The van der Waals surface area contributed by atoms with Crippen LogP contribution in [-0.4, -0.2) is 51.2 Å². The van der Waals surface area contributed by atoms with Crippen LogP contribution in [0.4, 0.5) is 14.6 Å². The lowest BCUT2D eigenvalue weighted by Gasteiger charge is -2.49. The Balaban J connectivity index is 1.18. The molecule has 11 heteroatoms. The van der Waals surface area contributed by atoms with E-state index in [1.165, 1.54) is 6.07 Å². The highest BCUT2D eigenvalue weighted by molar-refractivity contribution is 7.99. The first-order valence-corrected chi connectivity index (χ1v) is 13.9. The highest BCUT2D eigenvalue weighted by Crippen LogP contribution is 2.35. The van der Waals surface area contributed by atoms with Crippen LogP contribution in [0.5, 0.6) is 0 Å². The number of benzene rings is 1. The second-order valence-corrected chi connectivity index (χ2v) is 11.1. The SMILES string of the molecule is O=C1CN(c2cccc(-c3ccc4cnc(CNC(=O)c5cccc(SC(F)F)c5)cc4n3)n2)CC2(CCC2)N1. The van der Waals surface area contributed by atoms with E-state index in [4.69, 9.17) is 9.97 Å². The summed E-state index contributed by atoms with van der Waals surface area (Å²) in [6, 6.07) is 17.5. The average molecular weight is 561 g/mol. The molecule has 2 fully saturated rings. The Morgan fingerprint density at radius 3 is 2.70 bits per heavy atom. The van der Waals surface area contributed by atoms with Crippen molar-refractivity contribution in [2.24, 2.45) is 0 Å². The molecule has 8 nitrogen and oxygen atoms in total. The van der Waals surface area contributed by atoms with Gasteiger partial charge in [-0.2, -0.15) is 8.78 Å². The summed E-state index contributed by atoms with van der Waals surface area (Å²) < 4.78 is 25.4. The summed E-state index contributed by atoms with van der Waals surface area (Å²) in [5.41, 5.74) is 2.85. The van der Waals surface area contributed by atoms with Crippen LogP contribution in [0.15, 0.2) is 71.8 Å². The van der Waals surface area contributed by atoms with E-state index < -0.39 is 5.76 Å².